The number of anilines is 1. The Morgan fingerprint density at radius 3 is 2.55 bits per heavy atom. The van der Waals surface area contributed by atoms with E-state index in [0.29, 0.717) is 5.56 Å². The third kappa shape index (κ3) is 1.49. The highest BCUT2D eigenvalue weighted by Gasteiger charge is 2.06. The molecule has 1 aromatic carbocycles. The lowest BCUT2D eigenvalue weighted by Crippen LogP contribution is -2.09. The van der Waals surface area contributed by atoms with Gasteiger partial charge in [-0.25, -0.2) is 4.39 Å². The van der Waals surface area contributed by atoms with Crippen LogP contribution in [0.3, 0.4) is 0 Å². The van der Waals surface area contributed by atoms with Crippen LogP contribution in [0.1, 0.15) is 18.5 Å². The molecule has 0 aromatic heterocycles. The maximum absolute atomic E-state index is 12.8. The molecule has 0 amide bonds. The summed E-state index contributed by atoms with van der Waals surface area (Å²) in [6, 6.07) is 4.43. The summed E-state index contributed by atoms with van der Waals surface area (Å²) in [4.78, 5) is 0. The monoisotopic (exact) mass is 154 g/mol. The molecule has 0 radical (unpaired) electrons. The number of hydrogen-bond acceptors (Lipinski definition) is 2. The highest BCUT2D eigenvalue weighted by molar-refractivity contribution is 5.49. The van der Waals surface area contributed by atoms with Gasteiger partial charge in [0.25, 0.3) is 0 Å². The Bertz CT molecular complexity index is 258. The minimum atomic E-state index is -0.403. The van der Waals surface area contributed by atoms with Crippen molar-refractivity contribution in [3.05, 3.63) is 29.6 Å². The molecule has 0 spiro atoms. The molecule has 0 saturated heterocycles. The van der Waals surface area contributed by atoms with Crippen LogP contribution in [0.5, 0.6) is 0 Å². The smallest absolute Gasteiger partial charge is 0.146 e. The fourth-order valence-electron chi connectivity index (χ4n) is 0.951. The Balaban J connectivity index is 3.17. The van der Waals surface area contributed by atoms with Gasteiger partial charge in [0.1, 0.15) is 5.82 Å². The Labute approximate surface area is 65.0 Å². The first-order valence-electron chi connectivity index (χ1n) is 3.42. The zero-order valence-corrected chi connectivity index (χ0v) is 6.34. The summed E-state index contributed by atoms with van der Waals surface area (Å²) >= 11 is 0. The molecular weight excluding hydrogens is 143 g/mol. The lowest BCUT2D eigenvalue weighted by molar-refractivity contribution is 0.628. The minimum absolute atomic E-state index is 0.155. The zero-order valence-electron chi connectivity index (χ0n) is 6.34. The van der Waals surface area contributed by atoms with E-state index in [1.165, 1.54) is 6.07 Å². The van der Waals surface area contributed by atoms with Gasteiger partial charge in [-0.3, -0.25) is 0 Å². The third-order valence-electron chi connectivity index (χ3n) is 1.58. The second kappa shape index (κ2) is 2.88. The van der Waals surface area contributed by atoms with Crippen molar-refractivity contribution in [3.8, 4) is 0 Å². The summed E-state index contributed by atoms with van der Waals surface area (Å²) < 4.78 is 12.8. The zero-order chi connectivity index (χ0) is 8.43. The first kappa shape index (κ1) is 8.01. The van der Waals surface area contributed by atoms with Gasteiger partial charge in [0.15, 0.2) is 0 Å². The molecule has 0 heterocycles. The van der Waals surface area contributed by atoms with Crippen LogP contribution in [0.25, 0.3) is 0 Å². The molecule has 3 heteroatoms. The first-order chi connectivity index (χ1) is 5.13. The van der Waals surface area contributed by atoms with Crippen LogP contribution in [0.2, 0.25) is 0 Å². The molecule has 0 bridgehead atoms. The Kier molecular flexibility index (Phi) is 2.10. The van der Waals surface area contributed by atoms with Crippen LogP contribution < -0.4 is 11.5 Å². The summed E-state index contributed by atoms with van der Waals surface area (Å²) in [6.07, 6.45) is 0. The quantitative estimate of drug-likeness (QED) is 0.601. The summed E-state index contributed by atoms with van der Waals surface area (Å²) in [6.45, 7) is 1.77. The molecule has 0 fully saturated rings. The van der Waals surface area contributed by atoms with Gasteiger partial charge in [-0.15, -0.1) is 0 Å². The van der Waals surface area contributed by atoms with E-state index in [1.807, 2.05) is 0 Å². The molecule has 2 nitrogen and oxygen atoms in total. The second-order valence-corrected chi connectivity index (χ2v) is 2.53. The molecule has 1 atom stereocenters. The van der Waals surface area contributed by atoms with E-state index in [2.05, 4.69) is 0 Å². The lowest BCUT2D eigenvalue weighted by Gasteiger charge is -2.08. The van der Waals surface area contributed by atoms with Crippen LogP contribution in [0.15, 0.2) is 18.2 Å². The Hall–Kier alpha value is -1.09. The number of halogens is 1. The molecule has 1 aromatic rings. The van der Waals surface area contributed by atoms with Crippen LogP contribution in [-0.4, -0.2) is 0 Å². The van der Waals surface area contributed by atoms with Gasteiger partial charge < -0.3 is 11.5 Å². The fraction of sp³-hybridized carbons (Fsp3) is 0.250. The van der Waals surface area contributed by atoms with Crippen LogP contribution in [0, 0.1) is 5.82 Å². The number of rotatable bonds is 1. The van der Waals surface area contributed by atoms with E-state index in [4.69, 9.17) is 11.5 Å². The predicted octanol–water partition coefficient (Wildman–Crippen LogP) is 1.43. The van der Waals surface area contributed by atoms with Gasteiger partial charge in [-0.05, 0) is 18.6 Å². The maximum atomic E-state index is 12.8. The summed E-state index contributed by atoms with van der Waals surface area (Å²) in [7, 11) is 0. The molecule has 0 aliphatic carbocycles. The standard InChI is InChI=1S/C8H11FN2/c1-5(10)6-3-2-4-7(9)8(6)11/h2-5H,10-11H2,1H3. The summed E-state index contributed by atoms with van der Waals surface area (Å²) in [5.41, 5.74) is 11.8. The topological polar surface area (TPSA) is 52.0 Å². The van der Waals surface area contributed by atoms with Gasteiger partial charge in [-0.2, -0.15) is 0 Å². The molecule has 11 heavy (non-hydrogen) atoms. The number of para-hydroxylation sites is 1. The van der Waals surface area contributed by atoms with Crippen molar-refractivity contribution in [1.29, 1.82) is 0 Å². The number of hydrogen-bond donors (Lipinski definition) is 2. The first-order valence-corrected chi connectivity index (χ1v) is 3.42. The maximum Gasteiger partial charge on any atom is 0.146 e. The Morgan fingerprint density at radius 2 is 2.09 bits per heavy atom. The minimum Gasteiger partial charge on any atom is -0.396 e. The van der Waals surface area contributed by atoms with Crippen molar-refractivity contribution >= 4 is 5.69 Å². The average Bonchev–Trinajstić information content (AvgIpc) is 1.94. The van der Waals surface area contributed by atoms with Crippen molar-refractivity contribution in [3.63, 3.8) is 0 Å². The lowest BCUT2D eigenvalue weighted by atomic mass is 10.1. The molecule has 0 aliphatic heterocycles. The van der Waals surface area contributed by atoms with Crippen LogP contribution in [-0.2, 0) is 0 Å². The molecule has 0 saturated carbocycles. The van der Waals surface area contributed by atoms with Crippen LogP contribution >= 0.6 is 0 Å². The van der Waals surface area contributed by atoms with Crippen molar-refractivity contribution in [2.45, 2.75) is 13.0 Å². The fourth-order valence-corrected chi connectivity index (χ4v) is 0.951. The largest absolute Gasteiger partial charge is 0.396 e. The van der Waals surface area contributed by atoms with E-state index in [9.17, 15) is 4.39 Å². The van der Waals surface area contributed by atoms with Gasteiger partial charge in [0.2, 0.25) is 0 Å². The molecule has 60 valence electrons. The van der Waals surface area contributed by atoms with E-state index < -0.39 is 5.82 Å². The van der Waals surface area contributed by atoms with Crippen molar-refractivity contribution < 1.29 is 4.39 Å². The molecule has 0 aliphatic rings. The third-order valence-corrected chi connectivity index (χ3v) is 1.58. The molecular formula is C8H11FN2. The Morgan fingerprint density at radius 1 is 1.45 bits per heavy atom. The van der Waals surface area contributed by atoms with E-state index in [0.717, 1.165) is 0 Å². The van der Waals surface area contributed by atoms with E-state index in [-0.39, 0.29) is 11.7 Å². The summed E-state index contributed by atoms with van der Waals surface area (Å²) in [5, 5.41) is 0. The van der Waals surface area contributed by atoms with E-state index in [1.54, 1.807) is 19.1 Å². The van der Waals surface area contributed by atoms with Gasteiger partial charge >= 0.3 is 0 Å². The highest BCUT2D eigenvalue weighted by atomic mass is 19.1. The van der Waals surface area contributed by atoms with Crippen LogP contribution in [0.4, 0.5) is 10.1 Å². The van der Waals surface area contributed by atoms with Crippen molar-refractivity contribution in [2.75, 3.05) is 5.73 Å². The van der Waals surface area contributed by atoms with Gasteiger partial charge in [-0.1, -0.05) is 12.1 Å². The molecule has 4 N–H and O–H groups in total. The van der Waals surface area contributed by atoms with Crippen molar-refractivity contribution in [2.24, 2.45) is 5.73 Å². The highest BCUT2D eigenvalue weighted by Crippen LogP contribution is 2.20. The number of nitrogens with two attached hydrogens (primary N) is 2. The number of nitrogen functional groups attached to an aromatic ring is 1. The number of benzene rings is 1. The van der Waals surface area contributed by atoms with Gasteiger partial charge in [0, 0.05) is 6.04 Å². The predicted molar refractivity (Wildman–Crippen MR) is 43.4 cm³/mol. The average molecular weight is 154 g/mol. The molecule has 1 unspecified atom stereocenters. The molecule has 1 rings (SSSR count). The van der Waals surface area contributed by atoms with Gasteiger partial charge in [0.05, 0.1) is 5.69 Å². The summed E-state index contributed by atoms with van der Waals surface area (Å²) in [5.74, 6) is -0.403. The van der Waals surface area contributed by atoms with Crippen molar-refractivity contribution in [1.82, 2.24) is 0 Å². The van der Waals surface area contributed by atoms with E-state index >= 15 is 0 Å². The SMILES string of the molecule is CC(N)c1cccc(F)c1N. The normalized spacial score (nSPS) is 13.0. The second-order valence-electron chi connectivity index (χ2n) is 2.53.